The second-order valence-electron chi connectivity index (χ2n) is 3.34. The molecule has 3 N–H and O–H groups in total. The molecule has 0 aliphatic rings. The summed E-state index contributed by atoms with van der Waals surface area (Å²) < 4.78 is 0. The first-order valence-corrected chi connectivity index (χ1v) is 4.77. The molecule has 0 spiro atoms. The third-order valence-corrected chi connectivity index (χ3v) is 1.85. The van der Waals surface area contributed by atoms with Gasteiger partial charge < -0.3 is 11.1 Å². The summed E-state index contributed by atoms with van der Waals surface area (Å²) in [7, 11) is 0. The predicted molar refractivity (Wildman–Crippen MR) is 55.3 cm³/mol. The maximum Gasteiger partial charge on any atom is 0.222 e. The minimum absolute atomic E-state index is 0.00773. The molecule has 3 heteroatoms. The zero-order chi connectivity index (χ0) is 10.3. The Morgan fingerprint density at radius 1 is 1.69 bits per heavy atom. The molecule has 0 aliphatic heterocycles. The Kier molecular flexibility index (Phi) is 6.24. The normalized spacial score (nSPS) is 14.7. The Bertz CT molecular complexity index is 168. The van der Waals surface area contributed by atoms with E-state index in [1.807, 2.05) is 6.92 Å². The van der Waals surface area contributed by atoms with Gasteiger partial charge in [-0.25, -0.2) is 0 Å². The molecule has 0 aliphatic carbocycles. The fourth-order valence-corrected chi connectivity index (χ4v) is 1.08. The molecule has 0 saturated carbocycles. The fraction of sp³-hybridized carbons (Fsp3) is 0.700. The van der Waals surface area contributed by atoms with Crippen LogP contribution in [0.25, 0.3) is 0 Å². The zero-order valence-corrected chi connectivity index (χ0v) is 8.55. The van der Waals surface area contributed by atoms with Gasteiger partial charge in [-0.2, -0.15) is 0 Å². The van der Waals surface area contributed by atoms with Crippen LogP contribution < -0.4 is 11.1 Å². The number of nitrogens with one attached hydrogen (secondary N) is 1. The molecule has 2 atom stereocenters. The van der Waals surface area contributed by atoms with Gasteiger partial charge in [-0.3, -0.25) is 4.79 Å². The summed E-state index contributed by atoms with van der Waals surface area (Å²) in [6, 6.07) is 0.0170. The third-order valence-electron chi connectivity index (χ3n) is 1.85. The van der Waals surface area contributed by atoms with Crippen molar-refractivity contribution in [3.8, 4) is 0 Å². The van der Waals surface area contributed by atoms with Crippen LogP contribution in [0.5, 0.6) is 0 Å². The standard InChI is InChI=1S/C10H20N2O/c1-4-6-9(11)7-10(13)12-8(3)5-2/h5,8-9H,2,4,6-7,11H2,1,3H3,(H,12,13). The number of rotatable bonds is 6. The van der Waals surface area contributed by atoms with E-state index in [1.54, 1.807) is 6.08 Å². The van der Waals surface area contributed by atoms with Crippen molar-refractivity contribution in [2.24, 2.45) is 5.73 Å². The van der Waals surface area contributed by atoms with Gasteiger partial charge >= 0.3 is 0 Å². The van der Waals surface area contributed by atoms with Gasteiger partial charge in [-0.1, -0.05) is 19.4 Å². The molecule has 0 heterocycles. The van der Waals surface area contributed by atoms with Crippen LogP contribution >= 0.6 is 0 Å². The molecule has 0 radical (unpaired) electrons. The van der Waals surface area contributed by atoms with Crippen LogP contribution in [0.4, 0.5) is 0 Å². The van der Waals surface area contributed by atoms with Crippen LogP contribution in [0.3, 0.4) is 0 Å². The van der Waals surface area contributed by atoms with Gasteiger partial charge in [-0.15, -0.1) is 6.58 Å². The lowest BCUT2D eigenvalue weighted by molar-refractivity contribution is -0.121. The van der Waals surface area contributed by atoms with Crippen LogP contribution in [0, 0.1) is 0 Å². The van der Waals surface area contributed by atoms with Crippen molar-refractivity contribution in [3.63, 3.8) is 0 Å². The zero-order valence-electron chi connectivity index (χ0n) is 8.55. The fourth-order valence-electron chi connectivity index (χ4n) is 1.08. The summed E-state index contributed by atoms with van der Waals surface area (Å²) in [5, 5.41) is 2.78. The molecule has 0 saturated heterocycles. The van der Waals surface area contributed by atoms with Gasteiger partial charge in [0, 0.05) is 18.5 Å². The average molecular weight is 184 g/mol. The Morgan fingerprint density at radius 3 is 2.77 bits per heavy atom. The topological polar surface area (TPSA) is 55.1 Å². The lowest BCUT2D eigenvalue weighted by atomic mass is 10.1. The lowest BCUT2D eigenvalue weighted by Gasteiger charge is -2.12. The molecular weight excluding hydrogens is 164 g/mol. The van der Waals surface area contributed by atoms with Crippen molar-refractivity contribution in [1.82, 2.24) is 5.32 Å². The van der Waals surface area contributed by atoms with Crippen molar-refractivity contribution in [1.29, 1.82) is 0 Å². The highest BCUT2D eigenvalue weighted by Gasteiger charge is 2.09. The first-order valence-electron chi connectivity index (χ1n) is 4.77. The Balaban J connectivity index is 3.67. The lowest BCUT2D eigenvalue weighted by Crippen LogP contribution is -2.35. The van der Waals surface area contributed by atoms with Crippen molar-refractivity contribution in [2.45, 2.75) is 45.2 Å². The summed E-state index contributed by atoms with van der Waals surface area (Å²) in [5.74, 6) is 0.00773. The molecule has 0 aromatic heterocycles. The largest absolute Gasteiger partial charge is 0.350 e. The first kappa shape index (κ1) is 12.2. The van der Waals surface area contributed by atoms with Gasteiger partial charge in [0.2, 0.25) is 5.91 Å². The van der Waals surface area contributed by atoms with Crippen LogP contribution in [0.15, 0.2) is 12.7 Å². The maximum atomic E-state index is 11.3. The van der Waals surface area contributed by atoms with Crippen LogP contribution in [-0.4, -0.2) is 18.0 Å². The Morgan fingerprint density at radius 2 is 2.31 bits per heavy atom. The monoisotopic (exact) mass is 184 g/mol. The highest BCUT2D eigenvalue weighted by molar-refractivity contribution is 5.77. The van der Waals surface area contributed by atoms with E-state index >= 15 is 0 Å². The summed E-state index contributed by atoms with van der Waals surface area (Å²) in [4.78, 5) is 11.3. The minimum Gasteiger partial charge on any atom is -0.350 e. The van der Waals surface area contributed by atoms with Crippen molar-refractivity contribution >= 4 is 5.91 Å². The average Bonchev–Trinajstić information content (AvgIpc) is 2.04. The molecule has 0 bridgehead atoms. The number of hydrogen-bond donors (Lipinski definition) is 2. The quantitative estimate of drug-likeness (QED) is 0.609. The molecular formula is C10H20N2O. The van der Waals surface area contributed by atoms with E-state index in [-0.39, 0.29) is 18.0 Å². The molecule has 0 fully saturated rings. The summed E-state index contributed by atoms with van der Waals surface area (Å²) >= 11 is 0. The molecule has 0 aromatic rings. The first-order chi connectivity index (χ1) is 6.10. The van der Waals surface area contributed by atoms with Crippen LogP contribution in [0.2, 0.25) is 0 Å². The highest BCUT2D eigenvalue weighted by Crippen LogP contribution is 1.98. The second kappa shape index (κ2) is 6.66. The Labute approximate surface area is 80.4 Å². The highest BCUT2D eigenvalue weighted by atomic mass is 16.1. The summed E-state index contributed by atoms with van der Waals surface area (Å²) in [5.41, 5.74) is 5.72. The summed E-state index contributed by atoms with van der Waals surface area (Å²) in [6.07, 6.45) is 4.02. The molecule has 2 unspecified atom stereocenters. The number of carbonyl (C=O) groups is 1. The van der Waals surface area contributed by atoms with Gasteiger partial charge in [0.05, 0.1) is 0 Å². The van der Waals surface area contributed by atoms with E-state index in [4.69, 9.17) is 5.73 Å². The number of carbonyl (C=O) groups excluding carboxylic acids is 1. The van der Waals surface area contributed by atoms with E-state index in [9.17, 15) is 4.79 Å². The maximum absolute atomic E-state index is 11.3. The SMILES string of the molecule is C=CC(C)NC(=O)CC(N)CCC. The van der Waals surface area contributed by atoms with E-state index in [0.29, 0.717) is 6.42 Å². The number of nitrogens with two attached hydrogens (primary N) is 1. The van der Waals surface area contributed by atoms with Crippen molar-refractivity contribution in [2.75, 3.05) is 0 Å². The minimum atomic E-state index is -0.0120. The Hall–Kier alpha value is -0.830. The van der Waals surface area contributed by atoms with Gasteiger partial charge in [0.15, 0.2) is 0 Å². The third kappa shape index (κ3) is 6.34. The second-order valence-corrected chi connectivity index (χ2v) is 3.34. The molecule has 0 aromatic carbocycles. The summed E-state index contributed by atoms with van der Waals surface area (Å²) in [6.45, 7) is 7.53. The smallest absolute Gasteiger partial charge is 0.222 e. The number of amides is 1. The van der Waals surface area contributed by atoms with E-state index in [1.165, 1.54) is 0 Å². The van der Waals surface area contributed by atoms with Gasteiger partial charge in [-0.05, 0) is 13.3 Å². The van der Waals surface area contributed by atoms with E-state index < -0.39 is 0 Å². The van der Waals surface area contributed by atoms with Crippen molar-refractivity contribution < 1.29 is 4.79 Å². The van der Waals surface area contributed by atoms with Crippen molar-refractivity contribution in [3.05, 3.63) is 12.7 Å². The molecule has 76 valence electrons. The van der Waals surface area contributed by atoms with Crippen LogP contribution in [0.1, 0.15) is 33.1 Å². The van der Waals surface area contributed by atoms with Gasteiger partial charge in [0.25, 0.3) is 0 Å². The molecule has 1 amide bonds. The van der Waals surface area contributed by atoms with E-state index in [0.717, 1.165) is 12.8 Å². The predicted octanol–water partition coefficient (Wildman–Crippen LogP) is 1.19. The van der Waals surface area contributed by atoms with E-state index in [2.05, 4.69) is 18.8 Å². The number of hydrogen-bond acceptors (Lipinski definition) is 2. The van der Waals surface area contributed by atoms with Gasteiger partial charge in [0.1, 0.15) is 0 Å². The molecule has 0 rings (SSSR count). The molecule has 13 heavy (non-hydrogen) atoms. The molecule has 3 nitrogen and oxygen atoms in total. The van der Waals surface area contributed by atoms with Crippen LogP contribution in [-0.2, 0) is 4.79 Å².